The van der Waals surface area contributed by atoms with Crippen LogP contribution < -0.4 is 0 Å². The molecule has 0 radical (unpaired) electrons. The van der Waals surface area contributed by atoms with Gasteiger partial charge in [0.25, 0.3) is 5.91 Å². The van der Waals surface area contributed by atoms with Crippen molar-refractivity contribution in [3.8, 4) is 0 Å². The Morgan fingerprint density at radius 2 is 1.86 bits per heavy atom. The summed E-state index contributed by atoms with van der Waals surface area (Å²) in [6.07, 6.45) is -1.89. The topological polar surface area (TPSA) is 90.0 Å². The summed E-state index contributed by atoms with van der Waals surface area (Å²) in [4.78, 5) is 27.4. The highest BCUT2D eigenvalue weighted by Crippen LogP contribution is 2.44. The van der Waals surface area contributed by atoms with Crippen LogP contribution in [0.2, 0.25) is 10.0 Å². The Morgan fingerprint density at radius 3 is 2.43 bits per heavy atom. The van der Waals surface area contributed by atoms with Gasteiger partial charge in [0, 0.05) is 21.5 Å². The molecular formula is C25H27Cl2NO6S. The Balaban J connectivity index is 2.21. The normalized spacial score (nSPS) is 21.4. The van der Waals surface area contributed by atoms with Crippen molar-refractivity contribution in [3.63, 3.8) is 0 Å². The first-order valence-corrected chi connectivity index (χ1v) is 13.5. The highest BCUT2D eigenvalue weighted by atomic mass is 35.5. The van der Waals surface area contributed by atoms with Gasteiger partial charge in [-0.1, -0.05) is 61.0 Å². The third-order valence-corrected chi connectivity index (χ3v) is 7.78. The molecule has 4 atom stereocenters. The minimum Gasteiger partial charge on any atom is -0.469 e. The Labute approximate surface area is 215 Å². The van der Waals surface area contributed by atoms with Gasteiger partial charge in [-0.2, -0.15) is 0 Å². The number of hydrogen-bond donors (Lipinski definition) is 0. The summed E-state index contributed by atoms with van der Waals surface area (Å²) in [7, 11) is -2.43. The van der Waals surface area contributed by atoms with Crippen LogP contribution in [0.15, 0.2) is 60.5 Å². The number of nitrogens with zero attached hydrogens (tertiary/aromatic N) is 1. The summed E-state index contributed by atoms with van der Waals surface area (Å²) >= 11 is 12.4. The fourth-order valence-electron chi connectivity index (χ4n) is 4.21. The molecule has 1 heterocycles. The van der Waals surface area contributed by atoms with Gasteiger partial charge in [0.2, 0.25) is 0 Å². The molecule has 1 fully saturated rings. The van der Waals surface area contributed by atoms with Crippen LogP contribution in [-0.4, -0.2) is 50.2 Å². The predicted octanol–water partition coefficient (Wildman–Crippen LogP) is 4.90. The second-order valence-corrected chi connectivity index (χ2v) is 11.0. The van der Waals surface area contributed by atoms with Crippen LogP contribution in [0.4, 0.5) is 0 Å². The molecule has 1 unspecified atom stereocenters. The first-order valence-electron chi connectivity index (χ1n) is 11.0. The van der Waals surface area contributed by atoms with Crippen LogP contribution in [0.1, 0.15) is 43.0 Å². The summed E-state index contributed by atoms with van der Waals surface area (Å²) in [6.45, 7) is 5.20. The van der Waals surface area contributed by atoms with Crippen molar-refractivity contribution in [3.05, 3.63) is 81.7 Å². The smallest absolute Gasteiger partial charge is 0.308 e. The van der Waals surface area contributed by atoms with E-state index in [0.717, 1.165) is 5.41 Å². The second-order valence-electron chi connectivity index (χ2n) is 8.18. The molecule has 188 valence electrons. The van der Waals surface area contributed by atoms with Crippen LogP contribution in [0, 0.1) is 0 Å². The number of amides is 1. The number of esters is 1. The number of sulfone groups is 1. The maximum atomic E-state index is 13.8. The molecule has 0 aliphatic carbocycles. The molecule has 7 nitrogen and oxygen atoms in total. The van der Waals surface area contributed by atoms with Gasteiger partial charge in [0.1, 0.15) is 12.2 Å². The number of carbonyl (C=O) groups excluding carboxylic acids is 2. The van der Waals surface area contributed by atoms with Crippen LogP contribution in [0.25, 0.3) is 0 Å². The molecule has 1 aliphatic rings. The van der Waals surface area contributed by atoms with Crippen LogP contribution >= 0.6 is 23.2 Å². The van der Waals surface area contributed by atoms with E-state index in [-0.39, 0.29) is 12.2 Å². The monoisotopic (exact) mass is 539 g/mol. The lowest BCUT2D eigenvalue weighted by atomic mass is 9.89. The SMILES string of the molecule is C=CS(=O)(=O)CC(CC)N1C(=O)[C@@H](CC(=O)OC)O[C@H](c2cccc(Cl)c2)[C@H]1c1ccc(Cl)cc1. The number of ether oxygens (including phenoxy) is 2. The van der Waals surface area contributed by atoms with Crippen molar-refractivity contribution >= 4 is 44.9 Å². The lowest BCUT2D eigenvalue weighted by molar-refractivity contribution is -0.183. The quantitative estimate of drug-likeness (QED) is 0.421. The Morgan fingerprint density at radius 1 is 1.17 bits per heavy atom. The van der Waals surface area contributed by atoms with Gasteiger partial charge in [-0.25, -0.2) is 8.42 Å². The maximum Gasteiger partial charge on any atom is 0.308 e. The zero-order chi connectivity index (χ0) is 25.8. The minimum absolute atomic E-state index is 0.319. The molecule has 0 N–H and O–H groups in total. The minimum atomic E-state index is -3.65. The summed E-state index contributed by atoms with van der Waals surface area (Å²) in [6, 6.07) is 12.5. The summed E-state index contributed by atoms with van der Waals surface area (Å²) < 4.78 is 36.0. The summed E-state index contributed by atoms with van der Waals surface area (Å²) in [5, 5.41) is 1.86. The standard InChI is InChI=1S/C25H27Cl2NO6S/c1-4-20(15-35(31,32)5-2)28-23(16-9-11-18(26)12-10-16)24(17-7-6-8-19(27)13-17)34-21(25(28)30)14-22(29)33-3/h5-13,20-21,23-24H,2,4,14-15H2,1,3H3/t20?,21-,23-,24-/m1/s1. The molecule has 2 aromatic rings. The number of benzene rings is 2. The molecule has 0 aromatic heterocycles. The van der Waals surface area contributed by atoms with E-state index in [0.29, 0.717) is 27.6 Å². The number of carbonyl (C=O) groups is 2. The van der Waals surface area contributed by atoms with E-state index >= 15 is 0 Å². The van der Waals surface area contributed by atoms with E-state index in [1.54, 1.807) is 49.4 Å². The number of rotatable bonds is 9. The lowest BCUT2D eigenvalue weighted by Crippen LogP contribution is -2.56. The summed E-state index contributed by atoms with van der Waals surface area (Å²) in [5.41, 5.74) is 1.37. The Hall–Kier alpha value is -2.39. The van der Waals surface area contributed by atoms with Crippen molar-refractivity contribution < 1.29 is 27.5 Å². The number of hydrogen-bond acceptors (Lipinski definition) is 6. The average Bonchev–Trinajstić information content (AvgIpc) is 2.84. The molecule has 35 heavy (non-hydrogen) atoms. The van der Waals surface area contributed by atoms with Crippen molar-refractivity contribution in [2.45, 2.75) is 44.1 Å². The van der Waals surface area contributed by atoms with Crippen LogP contribution in [0.5, 0.6) is 0 Å². The number of methoxy groups -OCH3 is 1. The zero-order valence-electron chi connectivity index (χ0n) is 19.4. The Bertz CT molecular complexity index is 1180. The fraction of sp³-hybridized carbons (Fsp3) is 0.360. The summed E-state index contributed by atoms with van der Waals surface area (Å²) in [5.74, 6) is -1.44. The van der Waals surface area contributed by atoms with Crippen LogP contribution in [-0.2, 0) is 28.9 Å². The lowest BCUT2D eigenvalue weighted by Gasteiger charge is -2.48. The van der Waals surface area contributed by atoms with Gasteiger partial charge in [0.15, 0.2) is 9.84 Å². The third kappa shape index (κ3) is 6.44. The van der Waals surface area contributed by atoms with Crippen molar-refractivity contribution in [1.82, 2.24) is 4.90 Å². The van der Waals surface area contributed by atoms with Gasteiger partial charge >= 0.3 is 5.97 Å². The third-order valence-electron chi connectivity index (χ3n) is 5.94. The zero-order valence-corrected chi connectivity index (χ0v) is 21.7. The van der Waals surface area contributed by atoms with E-state index in [9.17, 15) is 18.0 Å². The molecule has 1 aliphatic heterocycles. The highest BCUT2D eigenvalue weighted by Gasteiger charge is 2.47. The van der Waals surface area contributed by atoms with Crippen LogP contribution in [0.3, 0.4) is 0 Å². The fourth-order valence-corrected chi connectivity index (χ4v) is 5.60. The molecule has 2 aromatic carbocycles. The van der Waals surface area contributed by atoms with E-state index in [1.165, 1.54) is 12.0 Å². The van der Waals surface area contributed by atoms with Crippen molar-refractivity contribution in [2.75, 3.05) is 12.9 Å². The molecule has 0 spiro atoms. The number of halogens is 2. The van der Waals surface area contributed by atoms with E-state index < -0.39 is 46.0 Å². The molecule has 0 saturated carbocycles. The van der Waals surface area contributed by atoms with Gasteiger partial charge < -0.3 is 14.4 Å². The molecule has 3 rings (SSSR count). The molecule has 1 amide bonds. The van der Waals surface area contributed by atoms with E-state index in [1.807, 2.05) is 6.07 Å². The predicted molar refractivity (Wildman–Crippen MR) is 135 cm³/mol. The molecule has 1 saturated heterocycles. The van der Waals surface area contributed by atoms with Gasteiger partial charge in [-0.15, -0.1) is 0 Å². The maximum absolute atomic E-state index is 13.8. The van der Waals surface area contributed by atoms with E-state index in [2.05, 4.69) is 6.58 Å². The van der Waals surface area contributed by atoms with E-state index in [4.69, 9.17) is 32.7 Å². The van der Waals surface area contributed by atoms with Gasteiger partial charge in [-0.05, 0) is 41.8 Å². The molecule has 0 bridgehead atoms. The number of morpholine rings is 1. The van der Waals surface area contributed by atoms with Gasteiger partial charge in [0.05, 0.1) is 25.3 Å². The van der Waals surface area contributed by atoms with Crippen molar-refractivity contribution in [2.24, 2.45) is 0 Å². The van der Waals surface area contributed by atoms with Crippen molar-refractivity contribution in [1.29, 1.82) is 0 Å². The van der Waals surface area contributed by atoms with Gasteiger partial charge in [-0.3, -0.25) is 9.59 Å². The molecule has 10 heteroatoms. The Kier molecular flexibility index (Phi) is 8.99. The average molecular weight is 540 g/mol. The highest BCUT2D eigenvalue weighted by molar-refractivity contribution is 7.94. The first kappa shape index (κ1) is 27.2. The second kappa shape index (κ2) is 11.6. The molecular weight excluding hydrogens is 513 g/mol. The first-order chi connectivity index (χ1) is 16.6. The largest absolute Gasteiger partial charge is 0.469 e.